The molecule has 0 fully saturated rings. The van der Waals surface area contributed by atoms with Crippen molar-refractivity contribution in [3.8, 4) is 28.8 Å². The molecule has 5 heteroatoms. The minimum atomic E-state index is 0.183. The number of nitrogens with zero attached hydrogens (tertiary/aromatic N) is 1. The van der Waals surface area contributed by atoms with E-state index in [1.807, 2.05) is 30.3 Å². The quantitative estimate of drug-likeness (QED) is 0.517. The lowest BCUT2D eigenvalue weighted by Gasteiger charge is -2.20. The van der Waals surface area contributed by atoms with Crippen molar-refractivity contribution >= 4 is 12.2 Å². The van der Waals surface area contributed by atoms with Gasteiger partial charge in [0.2, 0.25) is 5.88 Å². The van der Waals surface area contributed by atoms with Crippen LogP contribution in [0.3, 0.4) is 0 Å². The van der Waals surface area contributed by atoms with E-state index in [4.69, 9.17) is 17.0 Å². The summed E-state index contributed by atoms with van der Waals surface area (Å²) in [5.74, 6) is 2.22. The fourth-order valence-electron chi connectivity index (χ4n) is 2.56. The van der Waals surface area contributed by atoms with Crippen molar-refractivity contribution in [3.05, 3.63) is 64.3 Å². The Morgan fingerprint density at radius 2 is 2.00 bits per heavy atom. The Bertz CT molecular complexity index is 934. The van der Waals surface area contributed by atoms with Crippen LogP contribution in [0.1, 0.15) is 11.1 Å². The van der Waals surface area contributed by atoms with Gasteiger partial charge in [-0.05, 0) is 23.8 Å². The highest BCUT2D eigenvalue weighted by Crippen LogP contribution is 2.36. The third kappa shape index (κ3) is 2.16. The van der Waals surface area contributed by atoms with Gasteiger partial charge in [-0.25, -0.2) is 4.98 Å². The SMILES string of the molecule is Oc1cccc(-c2nc(=S)c3c([nH]2)Oc2ccccc2C3)c1. The molecule has 3 aromatic rings. The van der Waals surface area contributed by atoms with E-state index in [1.54, 1.807) is 18.2 Å². The number of fused-ring (bicyclic) bond motifs is 2. The number of hydrogen-bond acceptors (Lipinski definition) is 4. The molecule has 4 nitrogen and oxygen atoms in total. The highest BCUT2D eigenvalue weighted by Gasteiger charge is 2.20. The molecule has 0 aliphatic carbocycles. The first kappa shape index (κ1) is 13.0. The summed E-state index contributed by atoms with van der Waals surface area (Å²) in [6, 6.07) is 14.7. The van der Waals surface area contributed by atoms with Crippen molar-refractivity contribution in [1.29, 1.82) is 0 Å². The van der Waals surface area contributed by atoms with Gasteiger partial charge in [-0.1, -0.05) is 42.5 Å². The molecule has 22 heavy (non-hydrogen) atoms. The van der Waals surface area contributed by atoms with E-state index < -0.39 is 0 Å². The van der Waals surface area contributed by atoms with E-state index in [2.05, 4.69) is 9.97 Å². The van der Waals surface area contributed by atoms with E-state index >= 15 is 0 Å². The Kier molecular flexibility index (Phi) is 2.94. The molecular weight excluding hydrogens is 296 g/mol. The van der Waals surface area contributed by atoms with E-state index in [0.717, 1.165) is 22.4 Å². The highest BCUT2D eigenvalue weighted by molar-refractivity contribution is 7.71. The number of ether oxygens (including phenoxy) is 1. The first-order valence-corrected chi connectivity index (χ1v) is 7.30. The fourth-order valence-corrected chi connectivity index (χ4v) is 2.82. The van der Waals surface area contributed by atoms with Gasteiger partial charge in [-0.15, -0.1) is 0 Å². The number of phenols is 1. The molecule has 1 aliphatic heterocycles. The van der Waals surface area contributed by atoms with Gasteiger partial charge >= 0.3 is 0 Å². The lowest BCUT2D eigenvalue weighted by atomic mass is 10.0. The van der Waals surface area contributed by atoms with E-state index in [0.29, 0.717) is 22.8 Å². The first-order valence-electron chi connectivity index (χ1n) is 6.89. The molecule has 2 heterocycles. The van der Waals surface area contributed by atoms with Crippen LogP contribution in [0, 0.1) is 4.64 Å². The van der Waals surface area contributed by atoms with Gasteiger partial charge in [0.1, 0.15) is 22.0 Å². The van der Waals surface area contributed by atoms with Crippen LogP contribution in [0.5, 0.6) is 17.4 Å². The van der Waals surface area contributed by atoms with Crippen LogP contribution in [0.4, 0.5) is 0 Å². The number of rotatable bonds is 1. The molecule has 0 saturated carbocycles. The van der Waals surface area contributed by atoms with E-state index in [1.165, 1.54) is 0 Å². The number of nitrogens with one attached hydrogen (secondary N) is 1. The summed E-state index contributed by atoms with van der Waals surface area (Å²) in [4.78, 5) is 7.62. The van der Waals surface area contributed by atoms with E-state index in [-0.39, 0.29) is 5.75 Å². The molecule has 1 aliphatic rings. The molecule has 0 amide bonds. The largest absolute Gasteiger partial charge is 0.508 e. The van der Waals surface area contributed by atoms with Crippen LogP contribution in [0.2, 0.25) is 0 Å². The second-order valence-corrected chi connectivity index (χ2v) is 5.52. The van der Waals surface area contributed by atoms with Gasteiger partial charge in [0.15, 0.2) is 0 Å². The minimum absolute atomic E-state index is 0.183. The predicted octanol–water partition coefficient (Wildman–Crippen LogP) is 4.21. The second kappa shape index (κ2) is 4.96. The Labute approximate surface area is 132 Å². The van der Waals surface area contributed by atoms with Crippen LogP contribution in [-0.2, 0) is 6.42 Å². The third-order valence-electron chi connectivity index (χ3n) is 3.65. The Morgan fingerprint density at radius 3 is 2.86 bits per heavy atom. The fraction of sp³-hybridized carbons (Fsp3) is 0.0588. The van der Waals surface area contributed by atoms with Gasteiger partial charge in [-0.2, -0.15) is 0 Å². The van der Waals surface area contributed by atoms with E-state index in [9.17, 15) is 5.11 Å². The van der Waals surface area contributed by atoms with Gasteiger partial charge in [0.05, 0.1) is 5.56 Å². The summed E-state index contributed by atoms with van der Waals surface area (Å²) in [6.45, 7) is 0. The number of aromatic hydroxyl groups is 1. The van der Waals surface area contributed by atoms with Crippen LogP contribution in [0.15, 0.2) is 48.5 Å². The third-order valence-corrected chi connectivity index (χ3v) is 3.99. The van der Waals surface area contributed by atoms with Crippen molar-refractivity contribution < 1.29 is 9.84 Å². The van der Waals surface area contributed by atoms with Crippen LogP contribution >= 0.6 is 12.2 Å². The van der Waals surface area contributed by atoms with Crippen LogP contribution in [-0.4, -0.2) is 15.1 Å². The number of aromatic amines is 1. The zero-order valence-electron chi connectivity index (χ0n) is 11.5. The molecule has 4 rings (SSSR count). The standard InChI is InChI=1S/C17H12N2O2S/c20-12-6-3-5-11(8-12)15-18-16-13(17(22)19-15)9-10-4-1-2-7-14(10)21-16/h1-8,20H,9H2,(H,18,19,22). The van der Waals surface area contributed by atoms with Crippen molar-refractivity contribution in [3.63, 3.8) is 0 Å². The number of benzene rings is 2. The number of phenolic OH excluding ortho intramolecular Hbond substituents is 1. The Hall–Kier alpha value is -2.66. The molecule has 2 N–H and O–H groups in total. The summed E-state index contributed by atoms with van der Waals surface area (Å²) >= 11 is 5.41. The average molecular weight is 308 g/mol. The van der Waals surface area contributed by atoms with Gasteiger partial charge < -0.3 is 14.8 Å². The van der Waals surface area contributed by atoms with Crippen LogP contribution < -0.4 is 4.74 Å². The number of para-hydroxylation sites is 1. The molecular formula is C17H12N2O2S. The van der Waals surface area contributed by atoms with Crippen molar-refractivity contribution in [2.24, 2.45) is 0 Å². The maximum atomic E-state index is 9.61. The molecule has 0 atom stereocenters. The smallest absolute Gasteiger partial charge is 0.205 e. The Balaban J connectivity index is 1.84. The van der Waals surface area contributed by atoms with Crippen molar-refractivity contribution in [2.45, 2.75) is 6.42 Å². The lowest BCUT2D eigenvalue weighted by molar-refractivity contribution is 0.439. The summed E-state index contributed by atoms with van der Waals surface area (Å²) in [5, 5.41) is 9.61. The maximum absolute atomic E-state index is 9.61. The van der Waals surface area contributed by atoms with Crippen molar-refractivity contribution in [1.82, 2.24) is 9.97 Å². The number of H-pyrrole nitrogens is 1. The summed E-state index contributed by atoms with van der Waals surface area (Å²) < 4.78 is 6.44. The molecule has 108 valence electrons. The first-order chi connectivity index (χ1) is 10.7. The normalized spacial score (nSPS) is 12.2. The molecule has 1 aromatic heterocycles. The number of hydrogen-bond donors (Lipinski definition) is 2. The summed E-state index contributed by atoms with van der Waals surface area (Å²) in [7, 11) is 0. The number of aromatic nitrogens is 2. The summed E-state index contributed by atoms with van der Waals surface area (Å²) in [5.41, 5.74) is 2.75. The van der Waals surface area contributed by atoms with Crippen molar-refractivity contribution in [2.75, 3.05) is 0 Å². The highest BCUT2D eigenvalue weighted by atomic mass is 32.1. The summed E-state index contributed by atoms with van der Waals surface area (Å²) in [6.07, 6.45) is 0.703. The topological polar surface area (TPSA) is 58.1 Å². The molecule has 0 unspecified atom stereocenters. The molecule has 0 radical (unpaired) electrons. The predicted molar refractivity (Wildman–Crippen MR) is 85.8 cm³/mol. The zero-order chi connectivity index (χ0) is 15.1. The zero-order valence-corrected chi connectivity index (χ0v) is 12.4. The van der Waals surface area contributed by atoms with Crippen LogP contribution in [0.25, 0.3) is 11.4 Å². The molecule has 0 bridgehead atoms. The monoisotopic (exact) mass is 308 g/mol. The lowest BCUT2D eigenvalue weighted by Crippen LogP contribution is -2.07. The van der Waals surface area contributed by atoms with Gasteiger partial charge in [0.25, 0.3) is 0 Å². The molecule has 0 saturated heterocycles. The second-order valence-electron chi connectivity index (χ2n) is 5.14. The molecule has 0 spiro atoms. The average Bonchev–Trinajstić information content (AvgIpc) is 2.53. The Morgan fingerprint density at radius 1 is 1.14 bits per heavy atom. The van der Waals surface area contributed by atoms with Gasteiger partial charge in [0, 0.05) is 12.0 Å². The minimum Gasteiger partial charge on any atom is -0.508 e. The maximum Gasteiger partial charge on any atom is 0.205 e. The van der Waals surface area contributed by atoms with Gasteiger partial charge in [-0.3, -0.25) is 0 Å². The molecule has 2 aromatic carbocycles.